The van der Waals surface area contributed by atoms with Crippen LogP contribution in [-0.2, 0) is 0 Å². The molecule has 2 nitrogen and oxygen atoms in total. The van der Waals surface area contributed by atoms with Gasteiger partial charge in [0.2, 0.25) is 0 Å². The van der Waals surface area contributed by atoms with Crippen LogP contribution in [0.15, 0.2) is 41.5 Å². The molecule has 0 spiro atoms. The first kappa shape index (κ1) is 10.4. The lowest BCUT2D eigenvalue weighted by Crippen LogP contribution is -2.23. The number of aliphatic imine (C=N–C) groups is 1. The number of benzene rings is 1. The standard InChI is InChI=1S/C13H11FN2/c1-9-12(6-7-16-9)13(15-2)10-4-3-5-11(14)8-10/h3-8,16H,1-2H2/b13-12-. The molecule has 3 heteroatoms. The van der Waals surface area contributed by atoms with Crippen molar-refractivity contribution in [1.82, 2.24) is 4.98 Å². The molecule has 0 unspecified atom stereocenters. The van der Waals surface area contributed by atoms with E-state index in [0.717, 1.165) is 10.6 Å². The van der Waals surface area contributed by atoms with Crippen molar-refractivity contribution in [2.24, 2.45) is 4.99 Å². The number of nitrogens with one attached hydrogen (secondary N) is 1. The van der Waals surface area contributed by atoms with Gasteiger partial charge in [0.25, 0.3) is 0 Å². The molecule has 0 aliphatic carbocycles. The molecular weight excluding hydrogens is 203 g/mol. The van der Waals surface area contributed by atoms with E-state index in [-0.39, 0.29) is 5.82 Å². The summed E-state index contributed by atoms with van der Waals surface area (Å²) >= 11 is 0. The van der Waals surface area contributed by atoms with Crippen LogP contribution in [0.25, 0.3) is 12.3 Å². The predicted octanol–water partition coefficient (Wildman–Crippen LogP) is 1.42. The zero-order valence-electron chi connectivity index (χ0n) is 8.70. The zero-order chi connectivity index (χ0) is 11.5. The van der Waals surface area contributed by atoms with Gasteiger partial charge in [0, 0.05) is 22.3 Å². The van der Waals surface area contributed by atoms with Gasteiger partial charge in [-0.3, -0.25) is 4.99 Å². The maximum absolute atomic E-state index is 13.1. The van der Waals surface area contributed by atoms with E-state index >= 15 is 0 Å². The first-order valence-corrected chi connectivity index (χ1v) is 4.81. The lowest BCUT2D eigenvalue weighted by Gasteiger charge is -2.00. The zero-order valence-corrected chi connectivity index (χ0v) is 8.70. The highest BCUT2D eigenvalue weighted by molar-refractivity contribution is 5.67. The van der Waals surface area contributed by atoms with E-state index in [1.165, 1.54) is 12.1 Å². The van der Waals surface area contributed by atoms with Crippen LogP contribution in [-0.4, -0.2) is 11.7 Å². The molecule has 2 aromatic rings. The van der Waals surface area contributed by atoms with E-state index in [1.54, 1.807) is 18.3 Å². The quantitative estimate of drug-likeness (QED) is 0.732. The average Bonchev–Trinajstić information content (AvgIpc) is 2.67. The Morgan fingerprint density at radius 3 is 2.69 bits per heavy atom. The molecule has 0 fully saturated rings. The van der Waals surface area contributed by atoms with Gasteiger partial charge in [0.05, 0.1) is 5.70 Å². The van der Waals surface area contributed by atoms with Gasteiger partial charge in [-0.15, -0.1) is 0 Å². The molecule has 0 saturated carbocycles. The molecule has 1 N–H and O–H groups in total. The lowest BCUT2D eigenvalue weighted by atomic mass is 10.1. The fourth-order valence-corrected chi connectivity index (χ4v) is 1.59. The summed E-state index contributed by atoms with van der Waals surface area (Å²) in [6, 6.07) is 8.10. The molecule has 0 atom stereocenters. The Labute approximate surface area is 92.5 Å². The van der Waals surface area contributed by atoms with Crippen molar-refractivity contribution in [1.29, 1.82) is 0 Å². The number of aromatic amines is 1. The average molecular weight is 214 g/mol. The summed E-state index contributed by atoms with van der Waals surface area (Å²) in [6.07, 6.45) is 1.77. The minimum atomic E-state index is -0.292. The summed E-state index contributed by atoms with van der Waals surface area (Å²) in [6.45, 7) is 7.35. The van der Waals surface area contributed by atoms with Crippen LogP contribution in [0.1, 0.15) is 5.56 Å². The van der Waals surface area contributed by atoms with Gasteiger partial charge in [0.15, 0.2) is 0 Å². The molecule has 1 aromatic carbocycles. The minimum Gasteiger partial charge on any atom is -0.362 e. The smallest absolute Gasteiger partial charge is 0.123 e. The summed E-state index contributed by atoms with van der Waals surface area (Å²) in [5.74, 6) is -0.292. The molecule has 0 radical (unpaired) electrons. The maximum Gasteiger partial charge on any atom is 0.123 e. The molecule has 16 heavy (non-hydrogen) atoms. The summed E-state index contributed by atoms with van der Waals surface area (Å²) in [5, 5.41) is 1.58. The number of nitrogens with zero attached hydrogens (tertiary/aromatic N) is 1. The van der Waals surface area contributed by atoms with Crippen LogP contribution in [0, 0.1) is 5.82 Å². The van der Waals surface area contributed by atoms with Crippen LogP contribution >= 0.6 is 0 Å². The molecule has 0 amide bonds. The molecule has 1 aromatic heterocycles. The fourth-order valence-electron chi connectivity index (χ4n) is 1.59. The van der Waals surface area contributed by atoms with Crippen molar-refractivity contribution in [3.8, 4) is 0 Å². The van der Waals surface area contributed by atoms with Crippen molar-refractivity contribution in [2.45, 2.75) is 0 Å². The molecule has 0 aliphatic heterocycles. The number of H-pyrrole nitrogens is 1. The van der Waals surface area contributed by atoms with Gasteiger partial charge in [-0.05, 0) is 24.9 Å². The minimum absolute atomic E-state index is 0.292. The van der Waals surface area contributed by atoms with Crippen LogP contribution < -0.4 is 10.6 Å². The van der Waals surface area contributed by atoms with Crippen molar-refractivity contribution in [2.75, 3.05) is 0 Å². The molecule has 0 aliphatic rings. The Hall–Kier alpha value is -2.16. The van der Waals surface area contributed by atoms with Gasteiger partial charge >= 0.3 is 0 Å². The summed E-state index contributed by atoms with van der Waals surface area (Å²) in [5.41, 5.74) is 1.32. The second-order valence-corrected chi connectivity index (χ2v) is 3.39. The lowest BCUT2D eigenvalue weighted by molar-refractivity contribution is 0.627. The van der Waals surface area contributed by atoms with E-state index in [2.05, 4.69) is 23.3 Å². The Kier molecular flexibility index (Phi) is 2.68. The third-order valence-electron chi connectivity index (χ3n) is 2.34. The Morgan fingerprint density at radius 1 is 1.31 bits per heavy atom. The van der Waals surface area contributed by atoms with E-state index in [9.17, 15) is 4.39 Å². The SMILES string of the molecule is C=N/C(c1cccc(F)c1)=c1/cc[nH]c1=C. The van der Waals surface area contributed by atoms with Crippen LogP contribution in [0.2, 0.25) is 0 Å². The molecule has 1 heterocycles. The van der Waals surface area contributed by atoms with Gasteiger partial charge in [0.1, 0.15) is 5.82 Å². The number of aromatic nitrogens is 1. The number of rotatable bonds is 2. The first-order valence-electron chi connectivity index (χ1n) is 4.81. The third-order valence-corrected chi connectivity index (χ3v) is 2.34. The maximum atomic E-state index is 13.1. The highest BCUT2D eigenvalue weighted by Gasteiger charge is 2.02. The second kappa shape index (κ2) is 4.14. The highest BCUT2D eigenvalue weighted by Crippen LogP contribution is 2.12. The largest absolute Gasteiger partial charge is 0.362 e. The van der Waals surface area contributed by atoms with Crippen molar-refractivity contribution in [3.05, 3.63) is 58.5 Å². The van der Waals surface area contributed by atoms with Crippen LogP contribution in [0.5, 0.6) is 0 Å². The van der Waals surface area contributed by atoms with Gasteiger partial charge in [-0.2, -0.15) is 0 Å². The number of hydrogen-bond acceptors (Lipinski definition) is 1. The number of hydrogen-bond donors (Lipinski definition) is 1. The normalized spacial score (nSPS) is 12.3. The highest BCUT2D eigenvalue weighted by atomic mass is 19.1. The van der Waals surface area contributed by atoms with Crippen molar-refractivity contribution >= 4 is 19.0 Å². The fraction of sp³-hybridized carbons (Fsp3) is 0. The monoisotopic (exact) mass is 214 g/mol. The molecule has 0 saturated heterocycles. The Morgan fingerprint density at radius 2 is 2.12 bits per heavy atom. The third kappa shape index (κ3) is 1.80. The van der Waals surface area contributed by atoms with Gasteiger partial charge in [-0.25, -0.2) is 4.39 Å². The van der Waals surface area contributed by atoms with Crippen LogP contribution in [0.4, 0.5) is 4.39 Å². The Balaban J connectivity index is 2.76. The number of halogens is 1. The summed E-state index contributed by atoms with van der Waals surface area (Å²) in [7, 11) is 0. The molecule has 80 valence electrons. The van der Waals surface area contributed by atoms with E-state index in [0.29, 0.717) is 11.3 Å². The molecule has 0 bridgehead atoms. The first-order chi connectivity index (χ1) is 7.72. The Bertz CT molecular complexity index is 625. The topological polar surface area (TPSA) is 28.1 Å². The van der Waals surface area contributed by atoms with Crippen molar-refractivity contribution in [3.63, 3.8) is 0 Å². The van der Waals surface area contributed by atoms with E-state index < -0.39 is 0 Å². The second-order valence-electron chi connectivity index (χ2n) is 3.39. The summed E-state index contributed by atoms with van der Waals surface area (Å²) < 4.78 is 13.1. The molecular formula is C13H11FN2. The van der Waals surface area contributed by atoms with Crippen LogP contribution in [0.3, 0.4) is 0 Å². The van der Waals surface area contributed by atoms with Gasteiger partial charge < -0.3 is 4.98 Å². The van der Waals surface area contributed by atoms with E-state index in [1.807, 2.05) is 6.07 Å². The molecule has 2 rings (SSSR count). The van der Waals surface area contributed by atoms with Gasteiger partial charge in [-0.1, -0.05) is 18.7 Å². The predicted molar refractivity (Wildman–Crippen MR) is 64.0 cm³/mol. The van der Waals surface area contributed by atoms with E-state index in [4.69, 9.17) is 0 Å². The van der Waals surface area contributed by atoms with Crippen molar-refractivity contribution < 1.29 is 4.39 Å². The summed E-state index contributed by atoms with van der Waals surface area (Å²) in [4.78, 5) is 6.90.